The van der Waals surface area contributed by atoms with Gasteiger partial charge in [-0.25, -0.2) is 5.84 Å². The number of carbonyl (C=O) groups excluding carboxylic acids is 1. The van der Waals surface area contributed by atoms with Gasteiger partial charge >= 0.3 is 0 Å². The minimum absolute atomic E-state index is 0.472. The summed E-state index contributed by atoms with van der Waals surface area (Å²) >= 11 is 0. The summed E-state index contributed by atoms with van der Waals surface area (Å²) in [5.74, 6) is 5.81. The summed E-state index contributed by atoms with van der Waals surface area (Å²) < 4.78 is 5.42. The summed E-state index contributed by atoms with van der Waals surface area (Å²) in [6.07, 6.45) is 0.783. The van der Waals surface area contributed by atoms with E-state index in [1.54, 1.807) is 7.05 Å². The number of aldehydes is 1. The van der Waals surface area contributed by atoms with E-state index in [1.165, 1.54) is 16.1 Å². The van der Waals surface area contributed by atoms with Crippen LogP contribution in [0.15, 0.2) is 60.7 Å². The first-order valence-corrected chi connectivity index (χ1v) is 10.4. The number of carbonyl (C=O) groups is 1. The topological polar surface area (TPSA) is 84.8 Å². The standard InChI is InChI=1S/C25H28N4O2/c1-28(27)25-23(17-30)14-22(15-24(25)26)21-8-6-20(7-9-21)19-4-2-18(3-5-19)16-29-10-12-31-13-11-29/h2-9,14-15,17H,10-13,16,26-27H2,1H3. The Kier molecular flexibility index (Phi) is 6.32. The van der Waals surface area contributed by atoms with Crippen molar-refractivity contribution in [2.45, 2.75) is 6.54 Å². The van der Waals surface area contributed by atoms with Crippen LogP contribution < -0.4 is 16.6 Å². The molecule has 1 fully saturated rings. The molecule has 0 amide bonds. The van der Waals surface area contributed by atoms with Gasteiger partial charge in [-0.15, -0.1) is 0 Å². The zero-order chi connectivity index (χ0) is 21.8. The van der Waals surface area contributed by atoms with Gasteiger partial charge in [0.2, 0.25) is 0 Å². The van der Waals surface area contributed by atoms with E-state index in [0.29, 0.717) is 16.9 Å². The molecule has 31 heavy (non-hydrogen) atoms. The number of morpholine rings is 1. The van der Waals surface area contributed by atoms with Crippen LogP contribution >= 0.6 is 0 Å². The molecule has 0 saturated carbocycles. The van der Waals surface area contributed by atoms with Crippen LogP contribution in [0.2, 0.25) is 0 Å². The SMILES string of the molecule is CN(N)c1c(N)cc(-c2ccc(-c3ccc(CN4CCOCC4)cc3)cc2)cc1C=O. The second-order valence-corrected chi connectivity index (χ2v) is 7.89. The first kappa shape index (κ1) is 21.1. The van der Waals surface area contributed by atoms with Crippen LogP contribution in [0.5, 0.6) is 0 Å². The summed E-state index contributed by atoms with van der Waals surface area (Å²) in [6, 6.07) is 20.7. The molecule has 0 radical (unpaired) electrons. The highest BCUT2D eigenvalue weighted by molar-refractivity contribution is 5.93. The van der Waals surface area contributed by atoms with Crippen LogP contribution in [0, 0.1) is 0 Å². The van der Waals surface area contributed by atoms with Crippen LogP contribution in [-0.2, 0) is 11.3 Å². The number of nitrogens with two attached hydrogens (primary N) is 2. The highest BCUT2D eigenvalue weighted by Crippen LogP contribution is 2.32. The van der Waals surface area contributed by atoms with Crippen molar-refractivity contribution >= 4 is 17.7 Å². The highest BCUT2D eigenvalue weighted by atomic mass is 16.5. The Labute approximate surface area is 183 Å². The summed E-state index contributed by atoms with van der Waals surface area (Å²) in [5, 5.41) is 1.37. The number of hydrogen-bond acceptors (Lipinski definition) is 6. The first-order chi connectivity index (χ1) is 15.0. The Bertz CT molecular complexity index is 1040. The molecule has 1 heterocycles. The molecular weight excluding hydrogens is 388 g/mol. The largest absolute Gasteiger partial charge is 0.397 e. The lowest BCUT2D eigenvalue weighted by molar-refractivity contribution is 0.0342. The maximum Gasteiger partial charge on any atom is 0.152 e. The predicted molar refractivity (Wildman–Crippen MR) is 126 cm³/mol. The maximum absolute atomic E-state index is 11.5. The van der Waals surface area contributed by atoms with E-state index in [9.17, 15) is 4.79 Å². The average molecular weight is 417 g/mol. The predicted octanol–water partition coefficient (Wildman–Crippen LogP) is 3.56. The molecule has 0 atom stereocenters. The number of nitrogen functional groups attached to an aromatic ring is 1. The molecule has 1 aliphatic rings. The lowest BCUT2D eigenvalue weighted by Crippen LogP contribution is -2.35. The molecule has 0 aliphatic carbocycles. The van der Waals surface area contributed by atoms with Crippen molar-refractivity contribution < 1.29 is 9.53 Å². The van der Waals surface area contributed by atoms with E-state index < -0.39 is 0 Å². The van der Waals surface area contributed by atoms with Gasteiger partial charge in [0.15, 0.2) is 6.29 Å². The Hall–Kier alpha value is -3.19. The van der Waals surface area contributed by atoms with Gasteiger partial charge in [-0.05, 0) is 39.9 Å². The summed E-state index contributed by atoms with van der Waals surface area (Å²) in [4.78, 5) is 13.9. The molecule has 0 bridgehead atoms. The average Bonchev–Trinajstić information content (AvgIpc) is 2.79. The summed E-state index contributed by atoms with van der Waals surface area (Å²) in [6.45, 7) is 4.56. The summed E-state index contributed by atoms with van der Waals surface area (Å²) in [7, 11) is 1.67. The maximum atomic E-state index is 11.5. The molecule has 1 saturated heterocycles. The van der Waals surface area contributed by atoms with Gasteiger partial charge in [0.25, 0.3) is 0 Å². The molecule has 6 nitrogen and oxygen atoms in total. The van der Waals surface area contributed by atoms with Gasteiger partial charge in [0.05, 0.1) is 24.6 Å². The smallest absolute Gasteiger partial charge is 0.152 e. The van der Waals surface area contributed by atoms with Crippen molar-refractivity contribution in [2.24, 2.45) is 5.84 Å². The van der Waals surface area contributed by atoms with E-state index in [1.807, 2.05) is 24.3 Å². The molecule has 3 aromatic carbocycles. The summed E-state index contributed by atoms with van der Waals surface area (Å²) in [5.41, 5.74) is 13.1. The lowest BCUT2D eigenvalue weighted by atomic mass is 9.97. The number of ether oxygens (including phenoxy) is 1. The molecule has 160 valence electrons. The number of anilines is 2. The van der Waals surface area contributed by atoms with Gasteiger partial charge in [0, 0.05) is 32.2 Å². The zero-order valence-corrected chi connectivity index (χ0v) is 17.8. The number of benzene rings is 3. The number of rotatable bonds is 6. The number of hydrogen-bond donors (Lipinski definition) is 2. The van der Waals surface area contributed by atoms with Crippen molar-refractivity contribution in [3.8, 4) is 22.3 Å². The fraction of sp³-hybridized carbons (Fsp3) is 0.240. The molecule has 0 spiro atoms. The zero-order valence-electron chi connectivity index (χ0n) is 17.8. The normalized spacial score (nSPS) is 14.4. The van der Waals surface area contributed by atoms with Gasteiger partial charge in [0.1, 0.15) is 0 Å². The molecule has 4 rings (SSSR count). The molecule has 4 N–H and O–H groups in total. The Morgan fingerprint density at radius 2 is 1.48 bits per heavy atom. The third kappa shape index (κ3) is 4.77. The molecule has 6 heteroatoms. The van der Waals surface area contributed by atoms with Crippen LogP contribution in [0.3, 0.4) is 0 Å². The second kappa shape index (κ2) is 9.31. The van der Waals surface area contributed by atoms with E-state index in [-0.39, 0.29) is 0 Å². The van der Waals surface area contributed by atoms with Gasteiger partial charge < -0.3 is 15.5 Å². The van der Waals surface area contributed by atoms with Crippen LogP contribution in [-0.4, -0.2) is 44.5 Å². The minimum atomic E-state index is 0.472. The minimum Gasteiger partial charge on any atom is -0.397 e. The Morgan fingerprint density at radius 1 is 0.935 bits per heavy atom. The van der Waals surface area contributed by atoms with E-state index in [4.69, 9.17) is 16.3 Å². The van der Waals surface area contributed by atoms with Crippen LogP contribution in [0.25, 0.3) is 22.3 Å². The molecule has 0 aromatic heterocycles. The van der Waals surface area contributed by atoms with Crippen molar-refractivity contribution in [3.63, 3.8) is 0 Å². The fourth-order valence-corrected chi connectivity index (χ4v) is 4.02. The van der Waals surface area contributed by atoms with Gasteiger partial charge in [-0.1, -0.05) is 48.5 Å². The van der Waals surface area contributed by atoms with Crippen molar-refractivity contribution in [1.82, 2.24) is 4.90 Å². The Morgan fingerprint density at radius 3 is 2.03 bits per heavy atom. The van der Waals surface area contributed by atoms with E-state index >= 15 is 0 Å². The number of hydrazine groups is 1. The number of nitrogens with zero attached hydrogens (tertiary/aromatic N) is 2. The monoisotopic (exact) mass is 416 g/mol. The van der Waals surface area contributed by atoms with Crippen LogP contribution in [0.4, 0.5) is 11.4 Å². The third-order valence-electron chi connectivity index (χ3n) is 5.66. The molecule has 3 aromatic rings. The van der Waals surface area contributed by atoms with Crippen LogP contribution in [0.1, 0.15) is 15.9 Å². The van der Waals surface area contributed by atoms with E-state index in [2.05, 4.69) is 41.3 Å². The van der Waals surface area contributed by atoms with Crippen molar-refractivity contribution in [1.29, 1.82) is 0 Å². The quantitative estimate of drug-likeness (QED) is 0.277. The van der Waals surface area contributed by atoms with Gasteiger partial charge in [-0.2, -0.15) is 0 Å². The van der Waals surface area contributed by atoms with Crippen molar-refractivity contribution in [3.05, 3.63) is 71.8 Å². The fourth-order valence-electron chi connectivity index (χ4n) is 4.02. The van der Waals surface area contributed by atoms with Gasteiger partial charge in [-0.3, -0.25) is 9.69 Å². The molecule has 1 aliphatic heterocycles. The Balaban J connectivity index is 1.52. The second-order valence-electron chi connectivity index (χ2n) is 7.89. The highest BCUT2D eigenvalue weighted by Gasteiger charge is 2.13. The van der Waals surface area contributed by atoms with Crippen molar-refractivity contribution in [2.75, 3.05) is 44.1 Å². The molecular formula is C25H28N4O2. The van der Waals surface area contributed by atoms with E-state index in [0.717, 1.165) is 55.8 Å². The lowest BCUT2D eigenvalue weighted by Gasteiger charge is -2.26. The third-order valence-corrected chi connectivity index (χ3v) is 5.66. The molecule has 0 unspecified atom stereocenters. The first-order valence-electron chi connectivity index (χ1n) is 10.4.